The van der Waals surface area contributed by atoms with E-state index in [1.807, 2.05) is 26.0 Å². The Morgan fingerprint density at radius 3 is 2.64 bits per heavy atom. The van der Waals surface area contributed by atoms with E-state index in [1.54, 1.807) is 0 Å². The van der Waals surface area contributed by atoms with Crippen LogP contribution in [0.4, 0.5) is 0 Å². The van der Waals surface area contributed by atoms with Crippen molar-refractivity contribution in [1.82, 2.24) is 4.90 Å². The number of aliphatic hydroxyl groups is 1. The zero-order valence-electron chi connectivity index (χ0n) is 13.2. The molecule has 4 nitrogen and oxygen atoms in total. The molecule has 0 spiro atoms. The van der Waals surface area contributed by atoms with Crippen molar-refractivity contribution < 1.29 is 14.6 Å². The van der Waals surface area contributed by atoms with Crippen LogP contribution in [0.1, 0.15) is 25.8 Å². The Morgan fingerprint density at radius 2 is 2.00 bits per heavy atom. The summed E-state index contributed by atoms with van der Waals surface area (Å²) in [5.41, 5.74) is 1.13. The molecule has 5 heteroatoms. The summed E-state index contributed by atoms with van der Waals surface area (Å²) < 4.78 is 11.3. The number of halogens is 1. The van der Waals surface area contributed by atoms with Crippen LogP contribution >= 0.6 is 11.6 Å². The molecule has 0 bridgehead atoms. The van der Waals surface area contributed by atoms with Gasteiger partial charge in [-0.3, -0.25) is 4.90 Å². The average molecular weight is 326 g/mol. The number of rotatable bonds is 6. The van der Waals surface area contributed by atoms with E-state index in [1.165, 1.54) is 0 Å². The third-order valence-electron chi connectivity index (χ3n) is 4.67. The van der Waals surface area contributed by atoms with Gasteiger partial charge in [-0.25, -0.2) is 0 Å². The smallest absolute Gasteiger partial charge is 0.179 e. The van der Waals surface area contributed by atoms with Gasteiger partial charge in [-0.15, -0.1) is 0 Å². The predicted molar refractivity (Wildman–Crippen MR) is 86.7 cm³/mol. The largest absolute Gasteiger partial charge is 0.490 e. The molecule has 1 heterocycles. The Kier molecular flexibility index (Phi) is 4.81. The second kappa shape index (κ2) is 6.65. The van der Waals surface area contributed by atoms with Crippen molar-refractivity contribution in [1.29, 1.82) is 0 Å². The first-order chi connectivity index (χ1) is 10.6. The van der Waals surface area contributed by atoms with Crippen LogP contribution in [-0.2, 0) is 6.54 Å². The van der Waals surface area contributed by atoms with Crippen molar-refractivity contribution in [3.8, 4) is 11.5 Å². The zero-order chi connectivity index (χ0) is 15.7. The molecule has 2 aliphatic rings. The van der Waals surface area contributed by atoms with Gasteiger partial charge in [-0.1, -0.05) is 11.6 Å². The summed E-state index contributed by atoms with van der Waals surface area (Å²) in [7, 11) is 0. The van der Waals surface area contributed by atoms with Gasteiger partial charge in [0.1, 0.15) is 0 Å². The molecule has 1 aromatic carbocycles. The fraction of sp³-hybridized carbons (Fsp3) is 0.647. The first-order valence-electron chi connectivity index (χ1n) is 8.10. The maximum absolute atomic E-state index is 9.77. The number of hydrogen-bond donors (Lipinski definition) is 1. The van der Waals surface area contributed by atoms with E-state index in [-0.39, 0.29) is 6.10 Å². The van der Waals surface area contributed by atoms with Gasteiger partial charge in [0.2, 0.25) is 0 Å². The summed E-state index contributed by atoms with van der Waals surface area (Å²) >= 11 is 6.36. The van der Waals surface area contributed by atoms with Crippen LogP contribution < -0.4 is 9.47 Å². The fourth-order valence-electron chi connectivity index (χ4n) is 3.61. The van der Waals surface area contributed by atoms with Crippen molar-refractivity contribution in [2.75, 3.05) is 26.3 Å². The Bertz CT molecular complexity index is 537. The summed E-state index contributed by atoms with van der Waals surface area (Å²) in [5.74, 6) is 2.48. The van der Waals surface area contributed by atoms with E-state index >= 15 is 0 Å². The molecule has 1 aliphatic heterocycles. The summed E-state index contributed by atoms with van der Waals surface area (Å²) in [6, 6.07) is 3.99. The lowest BCUT2D eigenvalue weighted by Crippen LogP contribution is -2.39. The first-order valence-corrected chi connectivity index (χ1v) is 8.48. The molecule has 1 N–H and O–H groups in total. The van der Waals surface area contributed by atoms with E-state index in [9.17, 15) is 5.11 Å². The maximum Gasteiger partial charge on any atom is 0.179 e. The van der Waals surface area contributed by atoms with Gasteiger partial charge in [0, 0.05) is 25.6 Å². The van der Waals surface area contributed by atoms with Gasteiger partial charge < -0.3 is 14.6 Å². The monoisotopic (exact) mass is 325 g/mol. The molecule has 1 saturated heterocycles. The summed E-state index contributed by atoms with van der Waals surface area (Å²) in [5, 5.41) is 10.4. The highest BCUT2D eigenvalue weighted by molar-refractivity contribution is 6.32. The van der Waals surface area contributed by atoms with Gasteiger partial charge in [-0.05, 0) is 43.9 Å². The van der Waals surface area contributed by atoms with Crippen LogP contribution in [0.3, 0.4) is 0 Å². The number of benzene rings is 1. The number of fused-ring (bicyclic) bond motifs is 1. The van der Waals surface area contributed by atoms with Crippen molar-refractivity contribution in [3.63, 3.8) is 0 Å². The van der Waals surface area contributed by atoms with Crippen molar-refractivity contribution >= 4 is 11.6 Å². The van der Waals surface area contributed by atoms with Gasteiger partial charge in [0.05, 0.1) is 24.3 Å². The third-order valence-corrected chi connectivity index (χ3v) is 4.95. The molecule has 2 fully saturated rings. The molecule has 1 aliphatic carbocycles. The Morgan fingerprint density at radius 1 is 1.23 bits per heavy atom. The minimum atomic E-state index is -0.0992. The number of nitrogens with zero attached hydrogens (tertiary/aromatic N) is 1. The van der Waals surface area contributed by atoms with Crippen LogP contribution in [0.25, 0.3) is 0 Å². The van der Waals surface area contributed by atoms with Crippen LogP contribution in [0.15, 0.2) is 12.1 Å². The predicted octanol–water partition coefficient (Wildman–Crippen LogP) is 2.95. The quantitative estimate of drug-likeness (QED) is 0.873. The highest BCUT2D eigenvalue weighted by Crippen LogP contribution is 2.42. The molecule has 3 atom stereocenters. The fourth-order valence-corrected chi connectivity index (χ4v) is 3.90. The minimum Gasteiger partial charge on any atom is -0.490 e. The molecular formula is C17H24ClNO3. The SMILES string of the molecule is CCOc1cc(CN2C[C@H]3C[C@@H](O)[C@H]3C2)cc(Cl)c1OCC. The molecule has 0 radical (unpaired) electrons. The average Bonchev–Trinajstić information content (AvgIpc) is 2.79. The van der Waals surface area contributed by atoms with Crippen molar-refractivity contribution in [2.24, 2.45) is 11.8 Å². The van der Waals surface area contributed by atoms with Crippen LogP contribution in [0.5, 0.6) is 11.5 Å². The van der Waals surface area contributed by atoms with Gasteiger partial charge in [0.15, 0.2) is 11.5 Å². The lowest BCUT2D eigenvalue weighted by molar-refractivity contribution is -0.00435. The van der Waals surface area contributed by atoms with Crippen LogP contribution in [-0.4, -0.2) is 42.4 Å². The first kappa shape index (κ1) is 15.9. The summed E-state index contributed by atoms with van der Waals surface area (Å²) in [6.45, 7) is 7.91. The normalized spacial score (nSPS) is 27.4. The molecule has 1 aromatic rings. The maximum atomic E-state index is 9.77. The topological polar surface area (TPSA) is 41.9 Å². The highest BCUT2D eigenvalue weighted by Gasteiger charge is 2.45. The zero-order valence-corrected chi connectivity index (χ0v) is 14.0. The van der Waals surface area contributed by atoms with E-state index in [0.717, 1.165) is 31.6 Å². The Hall–Kier alpha value is -0.970. The summed E-state index contributed by atoms with van der Waals surface area (Å²) in [4.78, 5) is 2.40. The second-order valence-electron chi connectivity index (χ2n) is 6.19. The number of ether oxygens (including phenoxy) is 2. The molecular weight excluding hydrogens is 302 g/mol. The van der Waals surface area contributed by atoms with E-state index in [0.29, 0.717) is 41.6 Å². The lowest BCUT2D eigenvalue weighted by Gasteiger charge is -2.35. The van der Waals surface area contributed by atoms with Crippen molar-refractivity contribution in [3.05, 3.63) is 22.7 Å². The summed E-state index contributed by atoms with van der Waals surface area (Å²) in [6.07, 6.45) is 0.855. The molecule has 0 amide bonds. The molecule has 22 heavy (non-hydrogen) atoms. The molecule has 122 valence electrons. The lowest BCUT2D eigenvalue weighted by atomic mass is 9.74. The molecule has 0 unspecified atom stereocenters. The highest BCUT2D eigenvalue weighted by atomic mass is 35.5. The Labute approximate surface area is 137 Å². The van der Waals surface area contributed by atoms with E-state index < -0.39 is 0 Å². The third kappa shape index (κ3) is 3.05. The van der Waals surface area contributed by atoms with Crippen LogP contribution in [0.2, 0.25) is 5.02 Å². The van der Waals surface area contributed by atoms with Gasteiger partial charge in [0.25, 0.3) is 0 Å². The van der Waals surface area contributed by atoms with Gasteiger partial charge >= 0.3 is 0 Å². The number of hydrogen-bond acceptors (Lipinski definition) is 4. The second-order valence-corrected chi connectivity index (χ2v) is 6.60. The molecule has 3 rings (SSSR count). The number of aliphatic hydroxyl groups excluding tert-OH is 1. The van der Waals surface area contributed by atoms with E-state index in [4.69, 9.17) is 21.1 Å². The van der Waals surface area contributed by atoms with Crippen molar-refractivity contribution in [2.45, 2.75) is 32.9 Å². The number of likely N-dealkylation sites (tertiary alicyclic amines) is 1. The Balaban J connectivity index is 1.73. The van der Waals surface area contributed by atoms with Gasteiger partial charge in [-0.2, -0.15) is 0 Å². The molecule has 1 saturated carbocycles. The van der Waals surface area contributed by atoms with E-state index in [2.05, 4.69) is 4.90 Å². The molecule has 0 aromatic heterocycles. The standard InChI is InChI=1S/C17H24ClNO3/c1-3-21-16-6-11(5-14(18)17(16)22-4-2)8-19-9-12-7-15(20)13(12)10-19/h5-6,12-13,15,20H,3-4,7-10H2,1-2H3/t12-,13+,15-/m1/s1. The van der Waals surface area contributed by atoms with Crippen LogP contribution in [0, 0.1) is 11.8 Å². The minimum absolute atomic E-state index is 0.0992.